The van der Waals surface area contributed by atoms with Crippen LogP contribution in [-0.2, 0) is 4.79 Å². The Balaban J connectivity index is 1.43. The average Bonchev–Trinajstić information content (AvgIpc) is 3.39. The van der Waals surface area contributed by atoms with Crippen molar-refractivity contribution in [2.75, 3.05) is 5.75 Å². The monoisotopic (exact) mass is 400 g/mol. The summed E-state index contributed by atoms with van der Waals surface area (Å²) in [6.45, 7) is 0. The van der Waals surface area contributed by atoms with Gasteiger partial charge in [0.05, 0.1) is 16.2 Å². The topological polar surface area (TPSA) is 80.9 Å². The van der Waals surface area contributed by atoms with Gasteiger partial charge < -0.3 is 9.84 Å². The van der Waals surface area contributed by atoms with Crippen molar-refractivity contribution >= 4 is 29.0 Å². The Morgan fingerprint density at radius 1 is 1.26 bits per heavy atom. The van der Waals surface area contributed by atoms with Gasteiger partial charge in [-0.15, -0.1) is 11.3 Å². The van der Waals surface area contributed by atoms with Crippen LogP contribution < -0.4 is 5.32 Å². The first-order chi connectivity index (χ1) is 13.3. The van der Waals surface area contributed by atoms with E-state index in [1.807, 2.05) is 29.6 Å². The Kier molecular flexibility index (Phi) is 5.84. The first kappa shape index (κ1) is 18.2. The quantitative estimate of drug-likeness (QED) is 0.618. The highest BCUT2D eigenvalue weighted by atomic mass is 32.2. The smallest absolute Gasteiger partial charge is 0.261 e. The Morgan fingerprint density at radius 2 is 2.15 bits per heavy atom. The number of carbonyl (C=O) groups is 1. The summed E-state index contributed by atoms with van der Waals surface area (Å²) in [6, 6.07) is 7.94. The van der Waals surface area contributed by atoms with Gasteiger partial charge in [-0.3, -0.25) is 4.79 Å². The van der Waals surface area contributed by atoms with Crippen molar-refractivity contribution in [3.63, 3.8) is 0 Å². The minimum absolute atomic E-state index is 0.0494. The standard InChI is InChI=1S/C19H20N4O2S2/c24-16(21-13-6-2-1-3-7-13)12-27-19-14(8-4-10-20-19)18-22-17(23-25-18)15-9-5-11-26-15/h4-5,8-11,13H,1-3,6-7,12H2,(H,21,24). The van der Waals surface area contributed by atoms with Gasteiger partial charge in [0.1, 0.15) is 5.03 Å². The van der Waals surface area contributed by atoms with Crippen LogP contribution in [0.1, 0.15) is 32.1 Å². The maximum absolute atomic E-state index is 12.3. The summed E-state index contributed by atoms with van der Waals surface area (Å²) in [6.07, 6.45) is 7.55. The Morgan fingerprint density at radius 3 is 2.96 bits per heavy atom. The number of nitrogens with zero attached hydrogens (tertiary/aromatic N) is 3. The van der Waals surface area contributed by atoms with Gasteiger partial charge in [-0.2, -0.15) is 4.98 Å². The van der Waals surface area contributed by atoms with E-state index in [0.29, 0.717) is 23.5 Å². The number of thioether (sulfide) groups is 1. The minimum Gasteiger partial charge on any atom is -0.353 e. The molecule has 0 spiro atoms. The molecule has 0 unspecified atom stereocenters. The summed E-state index contributed by atoms with van der Waals surface area (Å²) in [5.74, 6) is 1.36. The summed E-state index contributed by atoms with van der Waals surface area (Å²) in [5, 5.41) is 9.88. The van der Waals surface area contributed by atoms with E-state index in [9.17, 15) is 4.79 Å². The van der Waals surface area contributed by atoms with Crippen molar-refractivity contribution in [2.45, 2.75) is 43.2 Å². The number of nitrogens with one attached hydrogen (secondary N) is 1. The van der Waals surface area contributed by atoms with Gasteiger partial charge in [-0.05, 0) is 36.4 Å². The second-order valence-electron chi connectivity index (χ2n) is 6.45. The molecule has 1 aliphatic carbocycles. The van der Waals surface area contributed by atoms with E-state index < -0.39 is 0 Å². The van der Waals surface area contributed by atoms with Gasteiger partial charge in [0.25, 0.3) is 5.89 Å². The van der Waals surface area contributed by atoms with Crippen LogP contribution in [0.25, 0.3) is 22.2 Å². The zero-order valence-corrected chi connectivity index (χ0v) is 16.4. The summed E-state index contributed by atoms with van der Waals surface area (Å²) >= 11 is 2.96. The lowest BCUT2D eigenvalue weighted by molar-refractivity contribution is -0.119. The fourth-order valence-corrected chi connectivity index (χ4v) is 4.60. The number of carbonyl (C=O) groups excluding carboxylic acids is 1. The maximum Gasteiger partial charge on any atom is 0.261 e. The lowest BCUT2D eigenvalue weighted by Crippen LogP contribution is -2.37. The summed E-state index contributed by atoms with van der Waals surface area (Å²) in [4.78, 5) is 22.1. The third kappa shape index (κ3) is 4.56. The third-order valence-electron chi connectivity index (χ3n) is 4.48. The molecule has 1 N–H and O–H groups in total. The molecule has 4 rings (SSSR count). The number of hydrogen-bond donors (Lipinski definition) is 1. The molecule has 0 radical (unpaired) electrons. The van der Waals surface area contributed by atoms with Crippen LogP contribution in [0.3, 0.4) is 0 Å². The predicted octanol–water partition coefficient (Wildman–Crippen LogP) is 4.40. The molecule has 0 saturated heterocycles. The summed E-state index contributed by atoms with van der Waals surface area (Å²) in [5.41, 5.74) is 0.753. The third-order valence-corrected chi connectivity index (χ3v) is 6.35. The van der Waals surface area contributed by atoms with Gasteiger partial charge in [0.2, 0.25) is 11.7 Å². The van der Waals surface area contributed by atoms with Crippen LogP contribution in [-0.4, -0.2) is 32.8 Å². The maximum atomic E-state index is 12.3. The molecular formula is C19H20N4O2S2. The van der Waals surface area contributed by atoms with Gasteiger partial charge in [-0.1, -0.05) is 42.2 Å². The van der Waals surface area contributed by atoms with Crippen molar-refractivity contribution in [1.82, 2.24) is 20.4 Å². The summed E-state index contributed by atoms with van der Waals surface area (Å²) in [7, 11) is 0. The molecule has 140 valence electrons. The molecule has 1 aliphatic rings. The van der Waals surface area contributed by atoms with Gasteiger partial charge in [0.15, 0.2) is 0 Å². The highest BCUT2D eigenvalue weighted by Crippen LogP contribution is 2.31. The molecule has 0 bridgehead atoms. The second kappa shape index (κ2) is 8.67. The molecule has 3 aromatic rings. The van der Waals surface area contributed by atoms with Crippen LogP contribution in [0.4, 0.5) is 0 Å². The largest absolute Gasteiger partial charge is 0.353 e. The normalized spacial score (nSPS) is 15.0. The average molecular weight is 401 g/mol. The fourth-order valence-electron chi connectivity index (χ4n) is 3.16. The fraction of sp³-hybridized carbons (Fsp3) is 0.368. The predicted molar refractivity (Wildman–Crippen MR) is 107 cm³/mol. The van der Waals surface area contributed by atoms with Crippen molar-refractivity contribution in [3.05, 3.63) is 35.8 Å². The van der Waals surface area contributed by atoms with Gasteiger partial charge in [0, 0.05) is 12.2 Å². The molecule has 1 fully saturated rings. The Hall–Kier alpha value is -2.19. The molecule has 27 heavy (non-hydrogen) atoms. The number of rotatable bonds is 6. The molecule has 0 atom stereocenters. The molecule has 3 aromatic heterocycles. The number of aromatic nitrogens is 3. The van der Waals surface area contributed by atoms with Crippen molar-refractivity contribution in [3.8, 4) is 22.2 Å². The van der Waals surface area contributed by atoms with E-state index >= 15 is 0 Å². The van der Waals surface area contributed by atoms with Crippen molar-refractivity contribution in [2.24, 2.45) is 0 Å². The van der Waals surface area contributed by atoms with Crippen LogP contribution >= 0.6 is 23.1 Å². The summed E-state index contributed by atoms with van der Waals surface area (Å²) < 4.78 is 5.44. The zero-order valence-electron chi connectivity index (χ0n) is 14.8. The number of pyridine rings is 1. The molecule has 0 aliphatic heterocycles. The first-order valence-electron chi connectivity index (χ1n) is 9.05. The van der Waals surface area contributed by atoms with Gasteiger partial charge in [-0.25, -0.2) is 4.98 Å². The van der Waals surface area contributed by atoms with E-state index in [1.54, 1.807) is 17.5 Å². The van der Waals surface area contributed by atoms with E-state index in [2.05, 4.69) is 20.4 Å². The Bertz CT molecular complexity index is 889. The number of thiophene rings is 1. The minimum atomic E-state index is 0.0494. The van der Waals surface area contributed by atoms with E-state index in [0.717, 1.165) is 28.3 Å². The molecular weight excluding hydrogens is 380 g/mol. The SMILES string of the molecule is O=C(CSc1ncccc1-c1nc(-c2cccs2)no1)NC1CCCCC1. The second-order valence-corrected chi connectivity index (χ2v) is 8.36. The van der Waals surface area contributed by atoms with Crippen molar-refractivity contribution in [1.29, 1.82) is 0 Å². The highest BCUT2D eigenvalue weighted by Gasteiger charge is 2.18. The zero-order chi connectivity index (χ0) is 18.5. The van der Waals surface area contributed by atoms with Crippen LogP contribution in [0.15, 0.2) is 45.4 Å². The molecule has 1 saturated carbocycles. The molecule has 1 amide bonds. The molecule has 0 aromatic carbocycles. The van der Waals surface area contributed by atoms with E-state index in [4.69, 9.17) is 4.52 Å². The Labute approximate surface area is 165 Å². The molecule has 3 heterocycles. The van der Waals surface area contributed by atoms with Crippen LogP contribution in [0.5, 0.6) is 0 Å². The van der Waals surface area contributed by atoms with E-state index in [-0.39, 0.29) is 5.91 Å². The van der Waals surface area contributed by atoms with Crippen LogP contribution in [0.2, 0.25) is 0 Å². The lowest BCUT2D eigenvalue weighted by atomic mass is 9.95. The lowest BCUT2D eigenvalue weighted by Gasteiger charge is -2.22. The molecule has 6 nitrogen and oxygen atoms in total. The number of hydrogen-bond acceptors (Lipinski definition) is 7. The molecule has 8 heteroatoms. The highest BCUT2D eigenvalue weighted by molar-refractivity contribution is 8.00. The van der Waals surface area contributed by atoms with E-state index in [1.165, 1.54) is 31.0 Å². The van der Waals surface area contributed by atoms with Crippen molar-refractivity contribution < 1.29 is 9.32 Å². The number of amides is 1. The first-order valence-corrected chi connectivity index (χ1v) is 10.9. The van der Waals surface area contributed by atoms with Gasteiger partial charge >= 0.3 is 0 Å². The van der Waals surface area contributed by atoms with Crippen LogP contribution in [0, 0.1) is 0 Å².